The van der Waals surface area contributed by atoms with Gasteiger partial charge in [0.15, 0.2) is 11.5 Å². The van der Waals surface area contributed by atoms with Crippen molar-refractivity contribution in [3.63, 3.8) is 0 Å². The number of benzene rings is 1. The van der Waals surface area contributed by atoms with Crippen LogP contribution in [0, 0.1) is 0 Å². The van der Waals surface area contributed by atoms with E-state index >= 15 is 0 Å². The van der Waals surface area contributed by atoms with E-state index in [0.29, 0.717) is 31.1 Å². The second kappa shape index (κ2) is 5.89. The van der Waals surface area contributed by atoms with Crippen LogP contribution < -0.4 is 15.2 Å². The second-order valence-corrected chi connectivity index (χ2v) is 4.60. The summed E-state index contributed by atoms with van der Waals surface area (Å²) >= 11 is 0. The summed E-state index contributed by atoms with van der Waals surface area (Å²) in [6.45, 7) is 4.43. The molecule has 0 fully saturated rings. The molecule has 0 aliphatic carbocycles. The van der Waals surface area contributed by atoms with Crippen LogP contribution in [-0.2, 0) is 6.54 Å². The summed E-state index contributed by atoms with van der Waals surface area (Å²) in [6, 6.07) is 5.60. The molecule has 0 saturated heterocycles. The Labute approximate surface area is 102 Å². The fourth-order valence-corrected chi connectivity index (χ4v) is 1.37. The molecule has 0 spiro atoms. The lowest BCUT2D eigenvalue weighted by Gasteiger charge is -2.18. The zero-order valence-electron chi connectivity index (χ0n) is 10.7. The number of ether oxygens (including phenoxy) is 2. The molecule has 4 nitrogen and oxygen atoms in total. The van der Waals surface area contributed by atoms with E-state index in [1.54, 1.807) is 21.0 Å². The maximum Gasteiger partial charge on any atom is 0.161 e. The lowest BCUT2D eigenvalue weighted by Crippen LogP contribution is -2.21. The monoisotopic (exact) mass is 239 g/mol. The van der Waals surface area contributed by atoms with Crippen LogP contribution in [-0.4, -0.2) is 24.4 Å². The molecule has 4 heteroatoms. The topological polar surface area (TPSA) is 64.7 Å². The molecule has 0 bridgehead atoms. The van der Waals surface area contributed by atoms with Gasteiger partial charge in [-0.25, -0.2) is 0 Å². The fraction of sp³-hybridized carbons (Fsp3) is 0.538. The van der Waals surface area contributed by atoms with Gasteiger partial charge in [-0.1, -0.05) is 6.07 Å². The first kappa shape index (κ1) is 13.8. The molecule has 0 atom stereocenters. The van der Waals surface area contributed by atoms with Gasteiger partial charge in [0.1, 0.15) is 0 Å². The average Bonchev–Trinajstić information content (AvgIpc) is 2.27. The zero-order valence-corrected chi connectivity index (χ0v) is 10.7. The van der Waals surface area contributed by atoms with E-state index in [0.717, 1.165) is 5.56 Å². The molecule has 3 N–H and O–H groups in total. The average molecular weight is 239 g/mol. The molecule has 0 aromatic heterocycles. The normalized spacial score (nSPS) is 11.4. The van der Waals surface area contributed by atoms with Crippen LogP contribution in [0.25, 0.3) is 0 Å². The molecular formula is C13H21NO3. The van der Waals surface area contributed by atoms with Gasteiger partial charge >= 0.3 is 0 Å². The molecule has 17 heavy (non-hydrogen) atoms. The fourth-order valence-electron chi connectivity index (χ4n) is 1.37. The van der Waals surface area contributed by atoms with E-state index in [2.05, 4.69) is 0 Å². The van der Waals surface area contributed by atoms with Gasteiger partial charge in [-0.2, -0.15) is 0 Å². The predicted octanol–water partition coefficient (Wildman–Crippen LogP) is 1.69. The summed E-state index contributed by atoms with van der Waals surface area (Å²) in [5.74, 6) is 1.35. The lowest BCUT2D eigenvalue weighted by molar-refractivity contribution is 0.0549. The third kappa shape index (κ3) is 4.63. The first-order chi connectivity index (χ1) is 7.96. The molecule has 0 amide bonds. The van der Waals surface area contributed by atoms with E-state index in [1.807, 2.05) is 18.2 Å². The van der Waals surface area contributed by atoms with E-state index in [-0.39, 0.29) is 0 Å². The Morgan fingerprint density at radius 2 is 2.00 bits per heavy atom. The number of nitrogens with two attached hydrogens (primary N) is 1. The highest BCUT2D eigenvalue weighted by Crippen LogP contribution is 2.28. The Hall–Kier alpha value is -1.26. The standard InChI is InChI=1S/C13H21NO3/c1-13(2,15)6-7-17-11-5-4-10(9-14)8-12(11)16-3/h4-5,8,15H,6-7,9,14H2,1-3H3. The predicted molar refractivity (Wildman–Crippen MR) is 67.3 cm³/mol. The van der Waals surface area contributed by atoms with Crippen molar-refractivity contribution in [3.8, 4) is 11.5 Å². The molecule has 0 aliphatic heterocycles. The van der Waals surface area contributed by atoms with E-state index < -0.39 is 5.60 Å². The van der Waals surface area contributed by atoms with Gasteiger partial charge in [0, 0.05) is 13.0 Å². The largest absolute Gasteiger partial charge is 0.493 e. The Bertz CT molecular complexity index is 358. The summed E-state index contributed by atoms with van der Waals surface area (Å²) in [7, 11) is 1.60. The summed E-state index contributed by atoms with van der Waals surface area (Å²) in [6.07, 6.45) is 0.564. The number of methoxy groups -OCH3 is 1. The van der Waals surface area contributed by atoms with Crippen LogP contribution >= 0.6 is 0 Å². The molecule has 96 valence electrons. The molecule has 0 heterocycles. The van der Waals surface area contributed by atoms with Gasteiger partial charge in [-0.15, -0.1) is 0 Å². The van der Waals surface area contributed by atoms with Crippen molar-refractivity contribution in [2.24, 2.45) is 5.73 Å². The van der Waals surface area contributed by atoms with Crippen LogP contribution in [0.2, 0.25) is 0 Å². The summed E-state index contributed by atoms with van der Waals surface area (Å²) in [5, 5.41) is 9.58. The van der Waals surface area contributed by atoms with Gasteiger partial charge in [0.05, 0.1) is 19.3 Å². The minimum absolute atomic E-state index is 0.446. The number of hydrogen-bond donors (Lipinski definition) is 2. The lowest BCUT2D eigenvalue weighted by atomic mass is 10.1. The molecule has 1 aromatic rings. The quantitative estimate of drug-likeness (QED) is 0.793. The highest BCUT2D eigenvalue weighted by Gasteiger charge is 2.13. The van der Waals surface area contributed by atoms with Crippen LogP contribution in [0.15, 0.2) is 18.2 Å². The second-order valence-electron chi connectivity index (χ2n) is 4.60. The van der Waals surface area contributed by atoms with Gasteiger partial charge in [-0.05, 0) is 31.5 Å². The minimum Gasteiger partial charge on any atom is -0.493 e. The van der Waals surface area contributed by atoms with E-state index in [1.165, 1.54) is 0 Å². The van der Waals surface area contributed by atoms with Gasteiger partial charge in [0.25, 0.3) is 0 Å². The molecule has 0 radical (unpaired) electrons. The SMILES string of the molecule is COc1cc(CN)ccc1OCCC(C)(C)O. The van der Waals surface area contributed by atoms with Crippen molar-refractivity contribution >= 4 is 0 Å². The van der Waals surface area contributed by atoms with Crippen LogP contribution in [0.1, 0.15) is 25.8 Å². The summed E-state index contributed by atoms with van der Waals surface area (Å²) < 4.78 is 10.8. The third-order valence-electron chi connectivity index (χ3n) is 2.44. The van der Waals surface area contributed by atoms with Gasteiger partial charge < -0.3 is 20.3 Å². The smallest absolute Gasteiger partial charge is 0.161 e. The first-order valence-electron chi connectivity index (χ1n) is 5.68. The number of hydrogen-bond acceptors (Lipinski definition) is 4. The first-order valence-corrected chi connectivity index (χ1v) is 5.68. The van der Waals surface area contributed by atoms with Crippen molar-refractivity contribution < 1.29 is 14.6 Å². The van der Waals surface area contributed by atoms with Crippen LogP contribution in [0.5, 0.6) is 11.5 Å². The Morgan fingerprint density at radius 3 is 2.53 bits per heavy atom. The Kier molecular flexibility index (Phi) is 4.78. The molecule has 0 saturated carbocycles. The summed E-state index contributed by atoms with van der Waals surface area (Å²) in [4.78, 5) is 0. The third-order valence-corrected chi connectivity index (χ3v) is 2.44. The molecule has 1 aromatic carbocycles. The summed E-state index contributed by atoms with van der Waals surface area (Å²) in [5.41, 5.74) is 5.83. The molecular weight excluding hydrogens is 218 g/mol. The van der Waals surface area contributed by atoms with E-state index in [4.69, 9.17) is 15.2 Å². The van der Waals surface area contributed by atoms with Crippen molar-refractivity contribution in [2.45, 2.75) is 32.4 Å². The Balaban J connectivity index is 2.64. The van der Waals surface area contributed by atoms with Crippen LogP contribution in [0.4, 0.5) is 0 Å². The zero-order chi connectivity index (χ0) is 12.9. The van der Waals surface area contributed by atoms with Gasteiger partial charge in [-0.3, -0.25) is 0 Å². The van der Waals surface area contributed by atoms with Crippen LogP contribution in [0.3, 0.4) is 0 Å². The van der Waals surface area contributed by atoms with E-state index in [9.17, 15) is 5.11 Å². The van der Waals surface area contributed by atoms with Crippen molar-refractivity contribution in [2.75, 3.05) is 13.7 Å². The maximum absolute atomic E-state index is 9.58. The van der Waals surface area contributed by atoms with Crippen molar-refractivity contribution in [1.29, 1.82) is 0 Å². The van der Waals surface area contributed by atoms with Crippen molar-refractivity contribution in [3.05, 3.63) is 23.8 Å². The molecule has 0 unspecified atom stereocenters. The highest BCUT2D eigenvalue weighted by molar-refractivity contribution is 5.42. The number of aliphatic hydroxyl groups is 1. The van der Waals surface area contributed by atoms with Crippen molar-refractivity contribution in [1.82, 2.24) is 0 Å². The number of rotatable bonds is 6. The van der Waals surface area contributed by atoms with Gasteiger partial charge in [0.2, 0.25) is 0 Å². The minimum atomic E-state index is -0.718. The Morgan fingerprint density at radius 1 is 1.29 bits per heavy atom. The molecule has 0 aliphatic rings. The molecule has 1 rings (SSSR count). The maximum atomic E-state index is 9.58. The highest BCUT2D eigenvalue weighted by atomic mass is 16.5.